The summed E-state index contributed by atoms with van der Waals surface area (Å²) in [5.41, 5.74) is 1.33. The van der Waals surface area contributed by atoms with Crippen molar-refractivity contribution in [2.24, 2.45) is 0 Å². The average Bonchev–Trinajstić information content (AvgIpc) is 3.08. The quantitative estimate of drug-likeness (QED) is 0.509. The Morgan fingerprint density at radius 1 is 1.21 bits per heavy atom. The maximum atomic E-state index is 12.5. The van der Waals surface area contributed by atoms with Crippen LogP contribution in [-0.4, -0.2) is 15.3 Å². The van der Waals surface area contributed by atoms with Gasteiger partial charge in [-0.3, -0.25) is 14.0 Å². The van der Waals surface area contributed by atoms with Crippen molar-refractivity contribution >= 4 is 39.5 Å². The third kappa shape index (κ3) is 4.31. The Kier molecular flexibility index (Phi) is 5.33. The Morgan fingerprint density at radius 3 is 2.86 bits per heavy atom. The first-order valence-corrected chi connectivity index (χ1v) is 9.96. The predicted molar refractivity (Wildman–Crippen MR) is 114 cm³/mol. The number of nitrogens with one attached hydrogen (secondary N) is 1. The van der Waals surface area contributed by atoms with Gasteiger partial charge >= 0.3 is 0 Å². The van der Waals surface area contributed by atoms with E-state index in [4.69, 9.17) is 16.3 Å². The van der Waals surface area contributed by atoms with Gasteiger partial charge in [0.2, 0.25) is 0 Å². The van der Waals surface area contributed by atoms with Crippen molar-refractivity contribution in [2.75, 3.05) is 5.32 Å². The van der Waals surface area contributed by atoms with Crippen LogP contribution in [-0.2, 0) is 6.61 Å². The zero-order chi connectivity index (χ0) is 20.4. The van der Waals surface area contributed by atoms with Crippen LogP contribution in [0.4, 0.5) is 5.69 Å². The molecule has 0 unspecified atom stereocenters. The van der Waals surface area contributed by atoms with Crippen molar-refractivity contribution in [3.05, 3.63) is 92.3 Å². The van der Waals surface area contributed by atoms with Crippen LogP contribution in [0.15, 0.2) is 65.6 Å². The van der Waals surface area contributed by atoms with E-state index in [1.807, 2.05) is 6.92 Å². The molecule has 0 radical (unpaired) electrons. The van der Waals surface area contributed by atoms with E-state index in [1.54, 1.807) is 54.7 Å². The summed E-state index contributed by atoms with van der Waals surface area (Å²) in [6, 6.07) is 15.2. The summed E-state index contributed by atoms with van der Waals surface area (Å²) in [5.74, 6) is 0.183. The molecule has 0 saturated carbocycles. The van der Waals surface area contributed by atoms with Crippen LogP contribution in [0.1, 0.15) is 20.9 Å². The second-order valence-electron chi connectivity index (χ2n) is 6.33. The molecule has 146 valence electrons. The zero-order valence-electron chi connectivity index (χ0n) is 15.4. The van der Waals surface area contributed by atoms with E-state index in [2.05, 4.69) is 10.3 Å². The minimum absolute atomic E-state index is 0.104. The Labute approximate surface area is 175 Å². The van der Waals surface area contributed by atoms with Gasteiger partial charge in [-0.1, -0.05) is 29.8 Å². The number of thiazole rings is 1. The Bertz CT molecular complexity index is 1270. The largest absolute Gasteiger partial charge is 0.485 e. The van der Waals surface area contributed by atoms with Crippen LogP contribution in [0.5, 0.6) is 5.75 Å². The molecule has 0 fully saturated rings. The number of carbonyl (C=O) groups excluding carboxylic acids is 1. The molecule has 0 atom stereocenters. The summed E-state index contributed by atoms with van der Waals surface area (Å²) in [6.45, 7) is 2.03. The number of para-hydroxylation sites is 2. The molecule has 29 heavy (non-hydrogen) atoms. The van der Waals surface area contributed by atoms with Crippen LogP contribution in [0.2, 0.25) is 5.02 Å². The molecule has 0 saturated heterocycles. The fourth-order valence-corrected chi connectivity index (χ4v) is 3.84. The van der Waals surface area contributed by atoms with Crippen molar-refractivity contribution < 1.29 is 9.53 Å². The Hall–Kier alpha value is -3.16. The molecule has 6 nitrogen and oxygen atoms in total. The summed E-state index contributed by atoms with van der Waals surface area (Å²) in [4.78, 5) is 30.8. The molecular formula is C21H16ClN3O3S. The van der Waals surface area contributed by atoms with Crippen LogP contribution in [0.3, 0.4) is 0 Å². The highest BCUT2D eigenvalue weighted by Crippen LogP contribution is 2.25. The van der Waals surface area contributed by atoms with Crippen LogP contribution in [0, 0.1) is 6.92 Å². The van der Waals surface area contributed by atoms with Crippen LogP contribution >= 0.6 is 22.9 Å². The van der Waals surface area contributed by atoms with Gasteiger partial charge in [0.05, 0.1) is 11.4 Å². The van der Waals surface area contributed by atoms with Gasteiger partial charge in [0.15, 0.2) is 4.96 Å². The van der Waals surface area contributed by atoms with Gasteiger partial charge in [-0.05, 0) is 37.3 Å². The molecule has 0 aliphatic carbocycles. The highest BCUT2D eigenvalue weighted by molar-refractivity contribution is 7.16. The number of hydrogen-bond acceptors (Lipinski definition) is 5. The standard InChI is InChI=1S/C21H16ClN3O3S/c1-13-11-25-19(26)10-16(23-21(25)29-13)12-28-18-8-3-2-7-17(18)24-20(27)14-5-4-6-15(22)9-14/h2-11H,12H2,1H3,(H,24,27). The van der Waals surface area contributed by atoms with Crippen molar-refractivity contribution in [1.82, 2.24) is 9.38 Å². The van der Waals surface area contributed by atoms with E-state index in [1.165, 1.54) is 21.8 Å². The van der Waals surface area contributed by atoms with Gasteiger partial charge < -0.3 is 10.1 Å². The van der Waals surface area contributed by atoms with Crippen LogP contribution < -0.4 is 15.6 Å². The third-order valence-corrected chi connectivity index (χ3v) is 5.27. The van der Waals surface area contributed by atoms with E-state index >= 15 is 0 Å². The molecule has 2 aromatic carbocycles. The minimum atomic E-state index is -0.296. The smallest absolute Gasteiger partial charge is 0.258 e. The van der Waals surface area contributed by atoms with Gasteiger partial charge in [0.1, 0.15) is 12.4 Å². The van der Waals surface area contributed by atoms with E-state index in [0.29, 0.717) is 32.7 Å². The lowest BCUT2D eigenvalue weighted by Gasteiger charge is -2.12. The number of rotatable bonds is 5. The van der Waals surface area contributed by atoms with Gasteiger partial charge in [0, 0.05) is 27.7 Å². The average molecular weight is 426 g/mol. The lowest BCUT2D eigenvalue weighted by molar-refractivity contribution is 0.102. The molecule has 1 amide bonds. The van der Waals surface area contributed by atoms with Gasteiger partial charge in [-0.25, -0.2) is 4.98 Å². The first-order chi connectivity index (χ1) is 14.0. The van der Waals surface area contributed by atoms with E-state index in [-0.39, 0.29) is 18.1 Å². The second-order valence-corrected chi connectivity index (χ2v) is 7.98. The summed E-state index contributed by atoms with van der Waals surface area (Å²) in [7, 11) is 0. The lowest BCUT2D eigenvalue weighted by atomic mass is 10.2. The summed E-state index contributed by atoms with van der Waals surface area (Å²) >= 11 is 7.40. The number of benzene rings is 2. The Balaban J connectivity index is 1.53. The molecule has 0 aliphatic rings. The molecule has 4 rings (SSSR count). The SMILES string of the molecule is Cc1cn2c(=O)cc(COc3ccccc3NC(=O)c3cccc(Cl)c3)nc2s1. The summed E-state index contributed by atoms with van der Waals surface area (Å²) in [5, 5.41) is 3.31. The number of aryl methyl sites for hydroxylation is 1. The summed E-state index contributed by atoms with van der Waals surface area (Å²) < 4.78 is 7.36. The fraction of sp³-hybridized carbons (Fsp3) is 0.0952. The second kappa shape index (κ2) is 8.06. The third-order valence-electron chi connectivity index (χ3n) is 4.13. The number of ether oxygens (including phenoxy) is 1. The molecule has 4 aromatic rings. The monoisotopic (exact) mass is 425 g/mol. The van der Waals surface area contributed by atoms with Gasteiger partial charge in [0.25, 0.3) is 11.5 Å². The number of fused-ring (bicyclic) bond motifs is 1. The highest BCUT2D eigenvalue weighted by atomic mass is 35.5. The van der Waals surface area contributed by atoms with E-state index < -0.39 is 0 Å². The van der Waals surface area contributed by atoms with Crippen molar-refractivity contribution in [3.8, 4) is 5.75 Å². The normalized spacial score (nSPS) is 10.8. The number of aromatic nitrogens is 2. The van der Waals surface area contributed by atoms with Crippen molar-refractivity contribution in [3.63, 3.8) is 0 Å². The molecule has 8 heteroatoms. The summed E-state index contributed by atoms with van der Waals surface area (Å²) in [6.07, 6.45) is 1.76. The molecule has 0 bridgehead atoms. The van der Waals surface area contributed by atoms with Crippen LogP contribution in [0.25, 0.3) is 4.96 Å². The zero-order valence-corrected chi connectivity index (χ0v) is 17.0. The topological polar surface area (TPSA) is 72.7 Å². The first kappa shape index (κ1) is 19.2. The number of amides is 1. The maximum absolute atomic E-state index is 12.5. The first-order valence-electron chi connectivity index (χ1n) is 8.77. The van der Waals surface area contributed by atoms with E-state index in [9.17, 15) is 9.59 Å². The molecular weight excluding hydrogens is 410 g/mol. The van der Waals surface area contributed by atoms with E-state index in [0.717, 1.165) is 4.88 Å². The number of carbonyl (C=O) groups is 1. The Morgan fingerprint density at radius 2 is 2.03 bits per heavy atom. The minimum Gasteiger partial charge on any atom is -0.485 e. The van der Waals surface area contributed by atoms with Gasteiger partial charge in [-0.2, -0.15) is 0 Å². The molecule has 2 heterocycles. The maximum Gasteiger partial charge on any atom is 0.258 e. The molecule has 2 aromatic heterocycles. The fourth-order valence-electron chi connectivity index (χ4n) is 2.80. The number of anilines is 1. The highest BCUT2D eigenvalue weighted by Gasteiger charge is 2.11. The molecule has 0 aliphatic heterocycles. The number of nitrogens with zero attached hydrogens (tertiary/aromatic N) is 2. The predicted octanol–water partition coefficient (Wildman–Crippen LogP) is 4.55. The van der Waals surface area contributed by atoms with Crippen molar-refractivity contribution in [2.45, 2.75) is 13.5 Å². The number of halogens is 1. The number of hydrogen-bond donors (Lipinski definition) is 1. The van der Waals surface area contributed by atoms with Crippen molar-refractivity contribution in [1.29, 1.82) is 0 Å². The molecule has 1 N–H and O–H groups in total. The van der Waals surface area contributed by atoms with Gasteiger partial charge in [-0.15, -0.1) is 11.3 Å². The lowest BCUT2D eigenvalue weighted by Crippen LogP contribution is -2.15. The molecule has 0 spiro atoms.